The zero-order chi connectivity index (χ0) is 11.5. The first kappa shape index (κ1) is 11.9. The molecule has 0 radical (unpaired) electrons. The quantitative estimate of drug-likeness (QED) is 0.900. The largest absolute Gasteiger partial charge is 0.495 e. The molecule has 2 rings (SSSR count). The van der Waals surface area contributed by atoms with Gasteiger partial charge in [-0.3, -0.25) is 0 Å². The molecule has 1 heterocycles. The molecule has 0 bridgehead atoms. The van der Waals surface area contributed by atoms with Gasteiger partial charge >= 0.3 is 0 Å². The number of hydrogen-bond acceptors (Lipinski definition) is 2. The maximum atomic E-state index is 13.4. The van der Waals surface area contributed by atoms with Gasteiger partial charge in [0.25, 0.3) is 0 Å². The van der Waals surface area contributed by atoms with Gasteiger partial charge in [-0.25, -0.2) is 4.39 Å². The third-order valence-electron chi connectivity index (χ3n) is 2.93. The van der Waals surface area contributed by atoms with Crippen LogP contribution in [-0.4, -0.2) is 13.7 Å². The molecule has 0 amide bonds. The number of rotatable bonds is 2. The predicted molar refractivity (Wildman–Crippen MR) is 65.2 cm³/mol. The predicted octanol–water partition coefficient (Wildman–Crippen LogP) is 3.41. The van der Waals surface area contributed by atoms with Gasteiger partial charge in [0.15, 0.2) is 0 Å². The molecule has 1 fully saturated rings. The van der Waals surface area contributed by atoms with Crippen molar-refractivity contribution >= 4 is 15.9 Å². The Morgan fingerprint density at radius 2 is 2.25 bits per heavy atom. The van der Waals surface area contributed by atoms with E-state index in [0.717, 1.165) is 24.3 Å². The lowest BCUT2D eigenvalue weighted by molar-refractivity contribution is 0.370. The van der Waals surface area contributed by atoms with E-state index in [1.165, 1.54) is 18.9 Å². The Balaban J connectivity index is 2.36. The number of hydrogen-bond donors (Lipinski definition) is 1. The Morgan fingerprint density at radius 3 is 2.88 bits per heavy atom. The first-order valence-corrected chi connectivity index (χ1v) is 6.28. The highest BCUT2D eigenvalue weighted by atomic mass is 79.9. The minimum Gasteiger partial charge on any atom is -0.495 e. The van der Waals surface area contributed by atoms with Crippen LogP contribution in [0.4, 0.5) is 4.39 Å². The molecule has 0 spiro atoms. The van der Waals surface area contributed by atoms with Crippen LogP contribution in [0.5, 0.6) is 5.75 Å². The Morgan fingerprint density at radius 1 is 1.44 bits per heavy atom. The van der Waals surface area contributed by atoms with Crippen molar-refractivity contribution in [2.75, 3.05) is 13.7 Å². The van der Waals surface area contributed by atoms with E-state index < -0.39 is 0 Å². The zero-order valence-corrected chi connectivity index (χ0v) is 10.8. The molecule has 4 heteroatoms. The summed E-state index contributed by atoms with van der Waals surface area (Å²) < 4.78 is 19.4. The van der Waals surface area contributed by atoms with E-state index in [1.54, 1.807) is 13.2 Å². The highest BCUT2D eigenvalue weighted by molar-refractivity contribution is 9.10. The summed E-state index contributed by atoms with van der Waals surface area (Å²) in [6.07, 6.45) is 3.40. The van der Waals surface area contributed by atoms with Crippen LogP contribution in [0.2, 0.25) is 0 Å². The maximum absolute atomic E-state index is 13.4. The summed E-state index contributed by atoms with van der Waals surface area (Å²) in [5.41, 5.74) is 0.911. The molecule has 1 aliphatic heterocycles. The van der Waals surface area contributed by atoms with E-state index in [0.29, 0.717) is 4.47 Å². The molecule has 1 N–H and O–H groups in total. The van der Waals surface area contributed by atoms with Crippen molar-refractivity contribution in [2.45, 2.75) is 25.3 Å². The first-order valence-electron chi connectivity index (χ1n) is 5.48. The molecule has 1 aromatic rings. The van der Waals surface area contributed by atoms with Gasteiger partial charge in [-0.15, -0.1) is 0 Å². The number of nitrogens with one attached hydrogen (secondary N) is 1. The second-order valence-electron chi connectivity index (χ2n) is 4.01. The van der Waals surface area contributed by atoms with Gasteiger partial charge in [0.05, 0.1) is 11.6 Å². The number of methoxy groups -OCH3 is 1. The van der Waals surface area contributed by atoms with Gasteiger partial charge < -0.3 is 10.1 Å². The second-order valence-corrected chi connectivity index (χ2v) is 4.87. The van der Waals surface area contributed by atoms with Crippen LogP contribution < -0.4 is 10.1 Å². The summed E-state index contributed by atoms with van der Waals surface area (Å²) in [7, 11) is 1.62. The number of piperidine rings is 1. The van der Waals surface area contributed by atoms with Gasteiger partial charge in [0.1, 0.15) is 11.6 Å². The molecule has 0 aromatic heterocycles. The van der Waals surface area contributed by atoms with Crippen molar-refractivity contribution in [2.24, 2.45) is 0 Å². The van der Waals surface area contributed by atoms with Crippen LogP contribution >= 0.6 is 15.9 Å². The molecule has 1 aliphatic rings. The lowest BCUT2D eigenvalue weighted by Crippen LogP contribution is -2.27. The summed E-state index contributed by atoms with van der Waals surface area (Å²) in [5, 5.41) is 3.40. The van der Waals surface area contributed by atoms with Crippen molar-refractivity contribution in [1.82, 2.24) is 5.32 Å². The topological polar surface area (TPSA) is 21.3 Å². The first-order chi connectivity index (χ1) is 7.72. The van der Waals surface area contributed by atoms with Crippen LogP contribution in [-0.2, 0) is 0 Å². The summed E-state index contributed by atoms with van der Waals surface area (Å²) in [5.74, 6) is 0.510. The molecule has 1 aromatic carbocycles. The lowest BCUT2D eigenvalue weighted by Gasteiger charge is -2.25. The highest BCUT2D eigenvalue weighted by Crippen LogP contribution is 2.36. The zero-order valence-electron chi connectivity index (χ0n) is 9.22. The third-order valence-corrected chi connectivity index (χ3v) is 3.52. The second kappa shape index (κ2) is 5.15. The molecule has 1 unspecified atom stereocenters. The Bertz CT molecular complexity index is 378. The molecule has 0 aliphatic carbocycles. The van der Waals surface area contributed by atoms with Crippen LogP contribution in [0.15, 0.2) is 16.6 Å². The summed E-state index contributed by atoms with van der Waals surface area (Å²) in [4.78, 5) is 0. The maximum Gasteiger partial charge on any atom is 0.138 e. The molecule has 1 atom stereocenters. The molecule has 1 saturated heterocycles. The Labute approximate surface area is 103 Å². The molecule has 16 heavy (non-hydrogen) atoms. The normalized spacial score (nSPS) is 20.8. The smallest absolute Gasteiger partial charge is 0.138 e. The minimum atomic E-state index is -0.227. The number of ether oxygens (including phenoxy) is 1. The average Bonchev–Trinajstić information content (AvgIpc) is 2.29. The summed E-state index contributed by atoms with van der Waals surface area (Å²) in [6.45, 7) is 0.988. The van der Waals surface area contributed by atoms with Crippen molar-refractivity contribution in [1.29, 1.82) is 0 Å². The van der Waals surface area contributed by atoms with Gasteiger partial charge in [-0.1, -0.05) is 6.42 Å². The minimum absolute atomic E-state index is 0.204. The van der Waals surface area contributed by atoms with Gasteiger partial charge in [0.2, 0.25) is 0 Å². The molecular formula is C12H15BrFNO. The standard InChI is InChI=1S/C12H15BrFNO/c1-16-12-9(6-8(14)7-10(12)13)11-4-2-3-5-15-11/h6-7,11,15H,2-5H2,1H3. The van der Waals surface area contributed by atoms with Gasteiger partial charge in [-0.2, -0.15) is 0 Å². The molecule has 2 nitrogen and oxygen atoms in total. The SMILES string of the molecule is COc1c(Br)cc(F)cc1C1CCCCN1. The monoisotopic (exact) mass is 287 g/mol. The fourth-order valence-electron chi connectivity index (χ4n) is 2.17. The third kappa shape index (κ3) is 2.38. The molecule has 0 saturated carbocycles. The average molecular weight is 288 g/mol. The number of halogens is 2. The van der Waals surface area contributed by atoms with E-state index in [-0.39, 0.29) is 11.9 Å². The van der Waals surface area contributed by atoms with Gasteiger partial charge in [0, 0.05) is 11.6 Å². The lowest BCUT2D eigenvalue weighted by atomic mass is 9.97. The van der Waals surface area contributed by atoms with Gasteiger partial charge in [-0.05, 0) is 47.4 Å². The van der Waals surface area contributed by atoms with Crippen molar-refractivity contribution < 1.29 is 9.13 Å². The van der Waals surface area contributed by atoms with E-state index in [9.17, 15) is 4.39 Å². The summed E-state index contributed by atoms with van der Waals surface area (Å²) in [6, 6.07) is 3.20. The highest BCUT2D eigenvalue weighted by Gasteiger charge is 2.21. The fraction of sp³-hybridized carbons (Fsp3) is 0.500. The van der Waals surface area contributed by atoms with Crippen molar-refractivity contribution in [3.63, 3.8) is 0 Å². The van der Waals surface area contributed by atoms with Crippen LogP contribution in [0.1, 0.15) is 30.9 Å². The summed E-state index contributed by atoms with van der Waals surface area (Å²) >= 11 is 3.33. The number of benzene rings is 1. The van der Waals surface area contributed by atoms with E-state index in [1.807, 2.05) is 0 Å². The van der Waals surface area contributed by atoms with E-state index >= 15 is 0 Å². The Hall–Kier alpha value is -0.610. The molecular weight excluding hydrogens is 273 g/mol. The fourth-order valence-corrected chi connectivity index (χ4v) is 2.78. The Kier molecular flexibility index (Phi) is 3.82. The van der Waals surface area contributed by atoms with E-state index in [4.69, 9.17) is 4.74 Å². The molecule has 88 valence electrons. The van der Waals surface area contributed by atoms with E-state index in [2.05, 4.69) is 21.2 Å². The van der Waals surface area contributed by atoms with Crippen LogP contribution in [0.25, 0.3) is 0 Å². The van der Waals surface area contributed by atoms with Crippen molar-refractivity contribution in [3.05, 3.63) is 28.0 Å². The van der Waals surface area contributed by atoms with Crippen LogP contribution in [0.3, 0.4) is 0 Å². The van der Waals surface area contributed by atoms with Crippen LogP contribution in [0, 0.1) is 5.82 Å². The van der Waals surface area contributed by atoms with Crippen molar-refractivity contribution in [3.8, 4) is 5.75 Å².